The molecule has 0 atom stereocenters. The summed E-state index contributed by atoms with van der Waals surface area (Å²) in [5.41, 5.74) is 2.14. The van der Waals surface area contributed by atoms with Crippen molar-refractivity contribution in [2.75, 3.05) is 0 Å². The number of phenolic OH excluding ortho intramolecular Hbond substituents is 1. The lowest BCUT2D eigenvalue weighted by Crippen LogP contribution is -2.03. The molecule has 0 saturated carbocycles. The molecular formula is C20H10I2O5. The quantitative estimate of drug-likeness (QED) is 0.251. The lowest BCUT2D eigenvalue weighted by atomic mass is 9.91. The number of carboxylic acid groups (broad SMARTS) is 1. The fourth-order valence-electron chi connectivity index (χ4n) is 3.10. The van der Waals surface area contributed by atoms with Crippen LogP contribution in [0.5, 0.6) is 5.75 Å². The predicted molar refractivity (Wildman–Crippen MR) is 119 cm³/mol. The molecule has 2 aromatic rings. The van der Waals surface area contributed by atoms with Crippen molar-refractivity contribution < 1.29 is 19.4 Å². The molecule has 7 heteroatoms. The van der Waals surface area contributed by atoms with E-state index in [1.165, 1.54) is 18.2 Å². The lowest BCUT2D eigenvalue weighted by molar-refractivity contribution is 0.0697. The SMILES string of the molecule is O=C(O)c1ccccc1-c1c2ccc(=O)cc-2oc2c(I)c(O)c(I)cc12. The first kappa shape index (κ1) is 18.2. The number of rotatable bonds is 2. The fourth-order valence-corrected chi connectivity index (χ4v) is 4.89. The van der Waals surface area contributed by atoms with E-state index in [4.69, 9.17) is 4.42 Å². The molecule has 0 amide bonds. The van der Waals surface area contributed by atoms with Gasteiger partial charge in [0.05, 0.1) is 12.7 Å². The van der Waals surface area contributed by atoms with Gasteiger partial charge in [-0.05, 0) is 75.0 Å². The third kappa shape index (κ3) is 2.98. The van der Waals surface area contributed by atoms with Crippen molar-refractivity contribution in [1.29, 1.82) is 0 Å². The van der Waals surface area contributed by atoms with Crippen molar-refractivity contribution in [3.63, 3.8) is 0 Å². The number of hydrogen-bond acceptors (Lipinski definition) is 4. The van der Waals surface area contributed by atoms with Crippen LogP contribution in [-0.4, -0.2) is 16.2 Å². The van der Waals surface area contributed by atoms with Gasteiger partial charge in [-0.2, -0.15) is 0 Å². The molecule has 0 unspecified atom stereocenters. The van der Waals surface area contributed by atoms with Crippen LogP contribution in [0.1, 0.15) is 10.4 Å². The number of carbonyl (C=O) groups is 1. The van der Waals surface area contributed by atoms with E-state index in [9.17, 15) is 19.8 Å². The largest absolute Gasteiger partial charge is 0.506 e. The van der Waals surface area contributed by atoms with Crippen molar-refractivity contribution in [2.24, 2.45) is 0 Å². The molecule has 5 nitrogen and oxygen atoms in total. The monoisotopic (exact) mass is 584 g/mol. The van der Waals surface area contributed by atoms with Gasteiger partial charge in [-0.15, -0.1) is 0 Å². The number of fused-ring (bicyclic) bond motifs is 2. The molecule has 0 saturated heterocycles. The van der Waals surface area contributed by atoms with Crippen molar-refractivity contribution in [1.82, 2.24) is 0 Å². The standard InChI is InChI=1S/C20H10I2O5/c21-14-8-13-16(10-3-1-2-4-11(10)20(25)26)12-6-5-9(23)7-15(12)27-19(13)17(22)18(14)24/h1-8,24H,(H,25,26). The smallest absolute Gasteiger partial charge is 0.336 e. The highest BCUT2D eigenvalue weighted by molar-refractivity contribution is 14.1. The van der Waals surface area contributed by atoms with Gasteiger partial charge in [0.2, 0.25) is 0 Å². The second-order valence-corrected chi connectivity index (χ2v) is 8.12. The molecule has 0 spiro atoms. The van der Waals surface area contributed by atoms with E-state index in [2.05, 4.69) is 0 Å². The van der Waals surface area contributed by atoms with Gasteiger partial charge in [0, 0.05) is 22.6 Å². The van der Waals surface area contributed by atoms with Crippen LogP contribution in [-0.2, 0) is 0 Å². The fraction of sp³-hybridized carbons (Fsp3) is 0. The lowest BCUT2D eigenvalue weighted by Gasteiger charge is -2.18. The molecule has 0 aromatic heterocycles. The summed E-state index contributed by atoms with van der Waals surface area (Å²) in [6.45, 7) is 0. The Kier molecular flexibility index (Phi) is 4.58. The number of hydrogen-bond donors (Lipinski definition) is 2. The summed E-state index contributed by atoms with van der Waals surface area (Å²) >= 11 is 4.01. The van der Waals surface area contributed by atoms with Crippen molar-refractivity contribution in [3.8, 4) is 28.2 Å². The molecule has 2 aromatic carbocycles. The third-order valence-corrected chi connectivity index (χ3v) is 6.10. The van der Waals surface area contributed by atoms with E-state index in [1.807, 2.05) is 45.2 Å². The minimum atomic E-state index is -1.05. The third-order valence-electron chi connectivity index (χ3n) is 4.28. The van der Waals surface area contributed by atoms with Crippen LogP contribution in [0, 0.1) is 7.14 Å². The molecule has 2 N–H and O–H groups in total. The molecule has 0 radical (unpaired) electrons. The van der Waals surface area contributed by atoms with Gasteiger partial charge in [0.25, 0.3) is 0 Å². The normalized spacial score (nSPS) is 11.2. The Morgan fingerprint density at radius 2 is 1.74 bits per heavy atom. The number of carboxylic acids is 1. The summed E-state index contributed by atoms with van der Waals surface area (Å²) in [5.74, 6) is -0.623. The summed E-state index contributed by atoms with van der Waals surface area (Å²) in [7, 11) is 0. The Morgan fingerprint density at radius 3 is 2.48 bits per heavy atom. The first-order chi connectivity index (χ1) is 12.9. The van der Waals surface area contributed by atoms with E-state index in [-0.39, 0.29) is 16.7 Å². The second kappa shape index (κ2) is 6.79. The minimum absolute atomic E-state index is 0.0857. The van der Waals surface area contributed by atoms with Gasteiger partial charge in [0.1, 0.15) is 11.5 Å². The number of aromatic carboxylic acids is 1. The zero-order valence-corrected chi connectivity index (χ0v) is 17.8. The maximum atomic E-state index is 11.8. The number of benzene rings is 3. The summed E-state index contributed by atoms with van der Waals surface area (Å²) in [6.07, 6.45) is 0. The van der Waals surface area contributed by atoms with E-state index in [0.717, 1.165) is 0 Å². The Morgan fingerprint density at radius 1 is 1.00 bits per heavy atom. The molecule has 1 heterocycles. The molecule has 4 rings (SSSR count). The van der Waals surface area contributed by atoms with Crippen LogP contribution >= 0.6 is 45.2 Å². The van der Waals surface area contributed by atoms with E-state index >= 15 is 0 Å². The maximum Gasteiger partial charge on any atom is 0.336 e. The summed E-state index contributed by atoms with van der Waals surface area (Å²) in [6, 6.07) is 12.9. The van der Waals surface area contributed by atoms with Gasteiger partial charge in [-0.25, -0.2) is 4.79 Å². The van der Waals surface area contributed by atoms with Crippen LogP contribution in [0.4, 0.5) is 0 Å². The Labute approximate surface area is 180 Å². The van der Waals surface area contributed by atoms with Crippen molar-refractivity contribution in [2.45, 2.75) is 0 Å². The van der Waals surface area contributed by atoms with E-state index < -0.39 is 5.97 Å². The summed E-state index contributed by atoms with van der Waals surface area (Å²) in [5, 5.41) is 20.6. The van der Waals surface area contributed by atoms with E-state index in [0.29, 0.717) is 40.6 Å². The highest BCUT2D eigenvalue weighted by Crippen LogP contribution is 2.44. The van der Waals surface area contributed by atoms with Crippen LogP contribution in [0.15, 0.2) is 57.7 Å². The minimum Gasteiger partial charge on any atom is -0.506 e. The molecule has 1 aliphatic heterocycles. The van der Waals surface area contributed by atoms with Crippen LogP contribution in [0.25, 0.3) is 33.4 Å². The van der Waals surface area contributed by atoms with E-state index in [1.54, 1.807) is 30.3 Å². The topological polar surface area (TPSA) is 87.7 Å². The van der Waals surface area contributed by atoms with Crippen LogP contribution in [0.3, 0.4) is 0 Å². The average Bonchev–Trinajstić information content (AvgIpc) is 2.65. The number of phenols is 1. The summed E-state index contributed by atoms with van der Waals surface area (Å²) < 4.78 is 7.06. The Balaban J connectivity index is 2.28. The van der Waals surface area contributed by atoms with Gasteiger partial charge < -0.3 is 14.6 Å². The molecule has 0 fully saturated rings. The first-order valence-electron chi connectivity index (χ1n) is 7.78. The van der Waals surface area contributed by atoms with Crippen molar-refractivity contribution in [3.05, 3.63) is 71.5 Å². The van der Waals surface area contributed by atoms with Crippen LogP contribution < -0.4 is 5.43 Å². The zero-order chi connectivity index (χ0) is 19.3. The van der Waals surface area contributed by atoms with Crippen molar-refractivity contribution >= 4 is 62.1 Å². The molecule has 134 valence electrons. The zero-order valence-electron chi connectivity index (χ0n) is 13.5. The van der Waals surface area contributed by atoms with Gasteiger partial charge in [0.15, 0.2) is 11.0 Å². The molecular weight excluding hydrogens is 574 g/mol. The van der Waals surface area contributed by atoms with Gasteiger partial charge in [-0.3, -0.25) is 4.79 Å². The maximum absolute atomic E-state index is 11.8. The molecule has 27 heavy (non-hydrogen) atoms. The predicted octanol–water partition coefficient (Wildman–Crippen LogP) is 5.18. The summed E-state index contributed by atoms with van der Waals surface area (Å²) in [4.78, 5) is 23.6. The van der Waals surface area contributed by atoms with Gasteiger partial charge in [-0.1, -0.05) is 18.2 Å². The average molecular weight is 584 g/mol. The Hall–Kier alpha value is -2.14. The molecule has 2 aliphatic rings. The van der Waals surface area contributed by atoms with Gasteiger partial charge >= 0.3 is 5.97 Å². The number of aromatic hydroxyl groups is 1. The second-order valence-electron chi connectivity index (χ2n) is 5.88. The highest BCUT2D eigenvalue weighted by Gasteiger charge is 2.24. The van der Waals surface area contributed by atoms with Crippen LogP contribution in [0.2, 0.25) is 0 Å². The number of halogens is 2. The first-order valence-corrected chi connectivity index (χ1v) is 9.94. The molecule has 1 aliphatic carbocycles. The molecule has 0 bridgehead atoms. The Bertz CT molecular complexity index is 1260. The highest BCUT2D eigenvalue weighted by atomic mass is 127.